The maximum Gasteiger partial charge on any atom is 0.163 e. The molecule has 0 N–H and O–H groups in total. The molecule has 4 nitrogen and oxygen atoms in total. The fraction of sp³-hybridized carbons (Fsp3) is 0.682. The highest BCUT2D eigenvalue weighted by molar-refractivity contribution is 5.55. The molecule has 0 spiro atoms. The van der Waals surface area contributed by atoms with Gasteiger partial charge in [-0.3, -0.25) is 0 Å². The number of aldehydes is 1. The van der Waals surface area contributed by atoms with E-state index in [1.807, 2.05) is 13.8 Å². The van der Waals surface area contributed by atoms with Crippen LogP contribution in [0.5, 0.6) is 5.75 Å². The summed E-state index contributed by atoms with van der Waals surface area (Å²) in [7, 11) is 1.75. The van der Waals surface area contributed by atoms with Gasteiger partial charge in [-0.05, 0) is 80.9 Å². The van der Waals surface area contributed by atoms with E-state index in [1.54, 1.807) is 7.11 Å². The van der Waals surface area contributed by atoms with Crippen molar-refractivity contribution in [1.82, 2.24) is 0 Å². The first-order chi connectivity index (χ1) is 12.5. The van der Waals surface area contributed by atoms with Crippen LogP contribution in [0.2, 0.25) is 0 Å². The molecule has 142 valence electrons. The van der Waals surface area contributed by atoms with Crippen molar-refractivity contribution < 1.29 is 19.0 Å². The molecule has 0 radical (unpaired) electrons. The monoisotopic (exact) mass is 358 g/mol. The molecule has 26 heavy (non-hydrogen) atoms. The molecule has 1 aliphatic heterocycles. The second-order valence-corrected chi connectivity index (χ2v) is 8.66. The molecule has 1 heterocycles. The zero-order chi connectivity index (χ0) is 18.3. The Morgan fingerprint density at radius 2 is 2.12 bits per heavy atom. The van der Waals surface area contributed by atoms with Crippen molar-refractivity contribution in [2.75, 3.05) is 13.7 Å². The summed E-state index contributed by atoms with van der Waals surface area (Å²) in [5.41, 5.74) is 2.76. The van der Waals surface area contributed by atoms with Crippen LogP contribution in [0.15, 0.2) is 18.2 Å². The number of carbonyl (C=O) groups excluding carboxylic acids is 1. The van der Waals surface area contributed by atoms with Crippen molar-refractivity contribution >= 4 is 6.29 Å². The first kappa shape index (κ1) is 18.0. The van der Waals surface area contributed by atoms with Gasteiger partial charge >= 0.3 is 0 Å². The molecule has 4 rings (SSSR count). The van der Waals surface area contributed by atoms with Gasteiger partial charge in [-0.2, -0.15) is 0 Å². The number of rotatable bonds is 5. The summed E-state index contributed by atoms with van der Waals surface area (Å²) in [6.45, 7) is 4.61. The van der Waals surface area contributed by atoms with Crippen LogP contribution >= 0.6 is 0 Å². The molecule has 1 aromatic rings. The van der Waals surface area contributed by atoms with Gasteiger partial charge in [-0.25, -0.2) is 0 Å². The fourth-order valence-electron chi connectivity index (χ4n) is 5.53. The van der Waals surface area contributed by atoms with Gasteiger partial charge in [0.05, 0.1) is 19.8 Å². The maximum atomic E-state index is 11.8. The summed E-state index contributed by atoms with van der Waals surface area (Å²) in [5.74, 6) is 2.37. The lowest BCUT2D eigenvalue weighted by Crippen LogP contribution is -2.27. The molecule has 5 atom stereocenters. The van der Waals surface area contributed by atoms with Gasteiger partial charge in [0.25, 0.3) is 0 Å². The summed E-state index contributed by atoms with van der Waals surface area (Å²) in [6.07, 6.45) is 6.53. The lowest BCUT2D eigenvalue weighted by atomic mass is 9.73. The zero-order valence-corrected chi connectivity index (χ0v) is 16.1. The average Bonchev–Trinajstić information content (AvgIpc) is 3.16. The van der Waals surface area contributed by atoms with E-state index in [-0.39, 0.29) is 12.0 Å². The number of carbonyl (C=O) groups is 1. The molecule has 2 fully saturated rings. The third-order valence-electron chi connectivity index (χ3n) is 6.72. The third kappa shape index (κ3) is 3.29. The Kier molecular flexibility index (Phi) is 4.83. The van der Waals surface area contributed by atoms with Crippen molar-refractivity contribution in [1.29, 1.82) is 0 Å². The molecule has 3 aliphatic rings. The number of ether oxygens (including phenoxy) is 3. The van der Waals surface area contributed by atoms with Crippen molar-refractivity contribution in [2.45, 2.75) is 57.8 Å². The van der Waals surface area contributed by atoms with Gasteiger partial charge < -0.3 is 19.0 Å². The average molecular weight is 358 g/mol. The van der Waals surface area contributed by atoms with E-state index in [0.717, 1.165) is 37.9 Å². The maximum absolute atomic E-state index is 11.8. The highest BCUT2D eigenvalue weighted by Gasteiger charge is 2.46. The standard InChI is InChI=1S/C22H30O4/c1-22(2)25-13-17(26-22)7-8-18-16(12-23)9-15-11-20-14(10-19(15)18)5-4-6-21(20)24-3/h4-6,12,15-19H,7-11,13H2,1-3H3. The first-order valence-electron chi connectivity index (χ1n) is 9.92. The number of methoxy groups -OCH3 is 1. The van der Waals surface area contributed by atoms with E-state index >= 15 is 0 Å². The van der Waals surface area contributed by atoms with Crippen LogP contribution in [-0.4, -0.2) is 31.9 Å². The summed E-state index contributed by atoms with van der Waals surface area (Å²) >= 11 is 0. The van der Waals surface area contributed by atoms with E-state index in [2.05, 4.69) is 18.2 Å². The minimum Gasteiger partial charge on any atom is -0.496 e. The van der Waals surface area contributed by atoms with E-state index in [4.69, 9.17) is 14.2 Å². The number of benzene rings is 1. The molecule has 1 saturated carbocycles. The van der Waals surface area contributed by atoms with Crippen LogP contribution in [0.4, 0.5) is 0 Å². The lowest BCUT2D eigenvalue weighted by Gasteiger charge is -2.32. The van der Waals surface area contributed by atoms with Gasteiger partial charge in [-0.1, -0.05) is 12.1 Å². The highest BCUT2D eigenvalue weighted by Crippen LogP contribution is 2.50. The Morgan fingerprint density at radius 3 is 2.81 bits per heavy atom. The summed E-state index contributed by atoms with van der Waals surface area (Å²) in [6, 6.07) is 6.38. The van der Waals surface area contributed by atoms with E-state index in [1.165, 1.54) is 17.4 Å². The van der Waals surface area contributed by atoms with E-state index in [0.29, 0.717) is 24.4 Å². The van der Waals surface area contributed by atoms with E-state index < -0.39 is 5.79 Å². The van der Waals surface area contributed by atoms with Crippen LogP contribution in [0, 0.1) is 23.7 Å². The largest absolute Gasteiger partial charge is 0.496 e. The van der Waals surface area contributed by atoms with Gasteiger partial charge in [0, 0.05) is 5.92 Å². The van der Waals surface area contributed by atoms with Crippen LogP contribution in [-0.2, 0) is 27.1 Å². The zero-order valence-electron chi connectivity index (χ0n) is 16.1. The van der Waals surface area contributed by atoms with Crippen LogP contribution in [0.25, 0.3) is 0 Å². The van der Waals surface area contributed by atoms with E-state index in [9.17, 15) is 4.79 Å². The number of hydrogen-bond donors (Lipinski definition) is 0. The molecule has 0 bridgehead atoms. The van der Waals surface area contributed by atoms with Crippen LogP contribution in [0.3, 0.4) is 0 Å². The third-order valence-corrected chi connectivity index (χ3v) is 6.72. The van der Waals surface area contributed by atoms with Gasteiger partial charge in [0.1, 0.15) is 12.0 Å². The van der Waals surface area contributed by atoms with Gasteiger partial charge in [0.15, 0.2) is 5.79 Å². The molecule has 1 aromatic carbocycles. The van der Waals surface area contributed by atoms with Crippen molar-refractivity contribution in [3.63, 3.8) is 0 Å². The lowest BCUT2D eigenvalue weighted by molar-refractivity contribution is -0.139. The Labute approximate surface area is 156 Å². The summed E-state index contributed by atoms with van der Waals surface area (Å²) in [4.78, 5) is 11.8. The Balaban J connectivity index is 1.48. The molecule has 2 aliphatic carbocycles. The Bertz CT molecular complexity index is 668. The molecular weight excluding hydrogens is 328 g/mol. The predicted molar refractivity (Wildman–Crippen MR) is 99.2 cm³/mol. The van der Waals surface area contributed by atoms with Crippen LogP contribution in [0.1, 0.15) is 44.2 Å². The second kappa shape index (κ2) is 6.97. The second-order valence-electron chi connectivity index (χ2n) is 8.66. The van der Waals surface area contributed by atoms with Crippen molar-refractivity contribution in [3.8, 4) is 5.75 Å². The van der Waals surface area contributed by atoms with Gasteiger partial charge in [-0.15, -0.1) is 0 Å². The quantitative estimate of drug-likeness (QED) is 0.751. The molecule has 0 aromatic heterocycles. The normalized spacial score (nSPS) is 35.0. The van der Waals surface area contributed by atoms with Gasteiger partial charge in [0.2, 0.25) is 0 Å². The van der Waals surface area contributed by atoms with Crippen LogP contribution < -0.4 is 4.74 Å². The molecule has 0 amide bonds. The van der Waals surface area contributed by atoms with Crippen molar-refractivity contribution in [3.05, 3.63) is 29.3 Å². The molecular formula is C22H30O4. The number of hydrogen-bond acceptors (Lipinski definition) is 4. The Morgan fingerprint density at radius 1 is 1.27 bits per heavy atom. The molecule has 5 unspecified atom stereocenters. The predicted octanol–water partition coefficient (Wildman–Crippen LogP) is 3.79. The molecule has 4 heteroatoms. The number of fused-ring (bicyclic) bond motifs is 2. The minimum atomic E-state index is -0.465. The van der Waals surface area contributed by atoms with Crippen molar-refractivity contribution in [2.24, 2.45) is 23.7 Å². The molecule has 1 saturated heterocycles. The topological polar surface area (TPSA) is 44.8 Å². The summed E-state index contributed by atoms with van der Waals surface area (Å²) in [5, 5.41) is 0. The Hall–Kier alpha value is -1.39. The first-order valence-corrected chi connectivity index (χ1v) is 9.92. The SMILES string of the molecule is COc1cccc2c1CC1CC(C=O)C(CCC3COC(C)(C)O3)C1C2. The fourth-order valence-corrected chi connectivity index (χ4v) is 5.53. The smallest absolute Gasteiger partial charge is 0.163 e. The summed E-state index contributed by atoms with van der Waals surface area (Å²) < 4.78 is 17.2. The minimum absolute atomic E-state index is 0.160. The highest BCUT2D eigenvalue weighted by atomic mass is 16.7.